The van der Waals surface area contributed by atoms with E-state index in [-0.39, 0.29) is 31.8 Å². The molecule has 5 N–H and O–H groups in total. The molecule has 0 aliphatic carbocycles. The summed E-state index contributed by atoms with van der Waals surface area (Å²) in [6, 6.07) is 14.4. The molecule has 0 saturated carbocycles. The highest BCUT2D eigenvalue weighted by Crippen LogP contribution is 2.35. The number of methoxy groups -OCH3 is 2. The first-order valence-corrected chi connectivity index (χ1v) is 15.0. The van der Waals surface area contributed by atoms with Crippen LogP contribution in [0.25, 0.3) is 0 Å². The van der Waals surface area contributed by atoms with Gasteiger partial charge in [-0.15, -0.1) is 0 Å². The predicted molar refractivity (Wildman–Crippen MR) is 154 cm³/mol. The van der Waals surface area contributed by atoms with Crippen molar-refractivity contribution in [2.75, 3.05) is 27.4 Å². The maximum atomic E-state index is 13.0. The molecular weight excluding hydrogens is 519 g/mol. The number of phosphoric ester groups is 1. The van der Waals surface area contributed by atoms with Crippen LogP contribution in [0.1, 0.15) is 75.0 Å². The van der Waals surface area contributed by atoms with Gasteiger partial charge in [-0.25, -0.2) is 4.57 Å². The fourth-order valence-corrected chi connectivity index (χ4v) is 4.71. The van der Waals surface area contributed by atoms with E-state index in [1.165, 1.54) is 30.4 Å². The summed E-state index contributed by atoms with van der Waals surface area (Å²) in [6.07, 6.45) is 10.1. The molecule has 0 fully saturated rings. The lowest BCUT2D eigenvalue weighted by atomic mass is 10.0. The van der Waals surface area contributed by atoms with Gasteiger partial charge < -0.3 is 30.3 Å². The summed E-state index contributed by atoms with van der Waals surface area (Å²) in [6.45, 7) is 2.32. The monoisotopic (exact) mass is 566 g/mol. The molecule has 39 heavy (non-hydrogen) atoms. The average Bonchev–Trinajstić information content (AvgIpc) is 2.89. The number of ether oxygens (including phenoxy) is 2. The number of rotatable bonds is 19. The van der Waals surface area contributed by atoms with Crippen molar-refractivity contribution in [3.05, 3.63) is 59.2 Å². The van der Waals surface area contributed by atoms with Gasteiger partial charge in [0, 0.05) is 19.5 Å². The minimum absolute atomic E-state index is 0. The smallest absolute Gasteiger partial charge is 0.469 e. The lowest BCUT2D eigenvalue weighted by molar-refractivity contribution is -0.132. The lowest BCUT2D eigenvalue weighted by Crippen LogP contribution is -2.33. The number of phosphoric acid groups is 1. The largest absolute Gasteiger partial charge is 0.493 e. The molecule has 2 aromatic carbocycles. The van der Waals surface area contributed by atoms with E-state index in [2.05, 4.69) is 35.7 Å². The van der Waals surface area contributed by atoms with E-state index < -0.39 is 7.82 Å². The van der Waals surface area contributed by atoms with Crippen LogP contribution in [0.3, 0.4) is 0 Å². The molecule has 2 rings (SSSR count). The normalized spacial score (nSPS) is 11.1. The summed E-state index contributed by atoms with van der Waals surface area (Å²) in [5.41, 5.74) is 3.63. The first-order valence-electron chi connectivity index (χ1n) is 13.5. The van der Waals surface area contributed by atoms with Crippen molar-refractivity contribution < 1.29 is 33.1 Å². The van der Waals surface area contributed by atoms with Gasteiger partial charge in [-0.3, -0.25) is 9.32 Å². The molecule has 0 atom stereocenters. The first-order chi connectivity index (χ1) is 18.3. The van der Waals surface area contributed by atoms with Crippen LogP contribution < -0.4 is 15.6 Å². The van der Waals surface area contributed by atoms with Gasteiger partial charge in [0.05, 0.1) is 20.8 Å². The molecule has 220 valence electrons. The van der Waals surface area contributed by atoms with Crippen LogP contribution in [0.4, 0.5) is 0 Å². The molecule has 0 unspecified atom stereocenters. The van der Waals surface area contributed by atoms with Crippen LogP contribution >= 0.6 is 7.82 Å². The van der Waals surface area contributed by atoms with E-state index in [0.717, 1.165) is 44.1 Å². The number of carbonyl (C=O) groups excluding carboxylic acids is 1. The Bertz CT molecular complexity index is 1010. The van der Waals surface area contributed by atoms with Gasteiger partial charge in [0.15, 0.2) is 11.5 Å². The van der Waals surface area contributed by atoms with Crippen LogP contribution in [0.2, 0.25) is 0 Å². The average molecular weight is 567 g/mol. The van der Waals surface area contributed by atoms with Crippen molar-refractivity contribution in [2.24, 2.45) is 0 Å². The molecular formula is C29H47N2O7P. The number of hydrogen-bond donors (Lipinski definition) is 3. The van der Waals surface area contributed by atoms with Gasteiger partial charge in [0.1, 0.15) is 0 Å². The number of benzene rings is 2. The maximum Gasteiger partial charge on any atom is 0.469 e. The highest BCUT2D eigenvalue weighted by Gasteiger charge is 2.18. The summed E-state index contributed by atoms with van der Waals surface area (Å²) < 4.78 is 26.3. The second kappa shape index (κ2) is 18.8. The first kappa shape index (κ1) is 34.6. The molecule has 0 spiro atoms. The number of amides is 1. The van der Waals surface area contributed by atoms with E-state index in [4.69, 9.17) is 19.3 Å². The van der Waals surface area contributed by atoms with E-state index in [0.29, 0.717) is 17.9 Å². The molecule has 10 heteroatoms. The third kappa shape index (κ3) is 14.0. The molecule has 0 bridgehead atoms. The Kier molecular flexibility index (Phi) is 16.7. The van der Waals surface area contributed by atoms with E-state index in [9.17, 15) is 9.36 Å². The minimum Gasteiger partial charge on any atom is -0.493 e. The highest BCUT2D eigenvalue weighted by atomic mass is 31.2. The molecule has 0 aliphatic heterocycles. The van der Waals surface area contributed by atoms with Crippen LogP contribution in [-0.2, 0) is 33.3 Å². The van der Waals surface area contributed by atoms with Crippen LogP contribution in [0, 0.1) is 0 Å². The molecule has 9 nitrogen and oxygen atoms in total. The maximum absolute atomic E-state index is 13.0. The number of aryl methyl sites for hydroxylation is 2. The minimum atomic E-state index is -4.60. The zero-order valence-corrected chi connectivity index (χ0v) is 24.7. The van der Waals surface area contributed by atoms with Gasteiger partial charge in [-0.1, -0.05) is 69.4 Å². The van der Waals surface area contributed by atoms with Crippen LogP contribution in [0.15, 0.2) is 42.5 Å². The highest BCUT2D eigenvalue weighted by molar-refractivity contribution is 7.46. The molecule has 1 amide bonds. The van der Waals surface area contributed by atoms with Crippen LogP contribution in [-0.4, -0.2) is 48.0 Å². The molecule has 0 saturated heterocycles. The summed E-state index contributed by atoms with van der Waals surface area (Å²) in [5.74, 6) is 1.07. The third-order valence-electron chi connectivity index (χ3n) is 6.46. The van der Waals surface area contributed by atoms with Crippen molar-refractivity contribution in [2.45, 2.75) is 77.7 Å². The molecule has 0 aromatic heterocycles. The molecule has 0 aliphatic rings. The fraction of sp³-hybridized carbons (Fsp3) is 0.552. The predicted octanol–water partition coefficient (Wildman–Crippen LogP) is 6.23. The van der Waals surface area contributed by atoms with Gasteiger partial charge in [0.25, 0.3) is 0 Å². The Morgan fingerprint density at radius 1 is 0.821 bits per heavy atom. The Morgan fingerprint density at radius 3 is 1.97 bits per heavy atom. The zero-order chi connectivity index (χ0) is 27.8. The lowest BCUT2D eigenvalue weighted by Gasteiger charge is -2.23. The van der Waals surface area contributed by atoms with Crippen molar-refractivity contribution in [3.63, 3.8) is 0 Å². The SMILES string of the molecule is CCCc1ccc(CCCCCCCCC(=O)N(CCOP(=O)(O)O)Cc2ccc(OC)c(OC)c2)cc1.N. The van der Waals surface area contributed by atoms with Crippen molar-refractivity contribution in [1.29, 1.82) is 0 Å². The third-order valence-corrected chi connectivity index (χ3v) is 6.98. The van der Waals surface area contributed by atoms with Gasteiger partial charge >= 0.3 is 7.82 Å². The second-order valence-electron chi connectivity index (χ2n) is 9.52. The van der Waals surface area contributed by atoms with Crippen molar-refractivity contribution in [1.82, 2.24) is 11.1 Å². The number of carbonyl (C=O) groups is 1. The topological polar surface area (TPSA) is 141 Å². The Morgan fingerprint density at radius 2 is 1.38 bits per heavy atom. The molecule has 0 heterocycles. The Labute approximate surface area is 233 Å². The van der Waals surface area contributed by atoms with Gasteiger partial charge in [-0.05, 0) is 54.5 Å². The second-order valence-corrected chi connectivity index (χ2v) is 10.8. The van der Waals surface area contributed by atoms with E-state index >= 15 is 0 Å². The van der Waals surface area contributed by atoms with E-state index in [1.54, 1.807) is 31.3 Å². The summed E-state index contributed by atoms with van der Waals surface area (Å²) in [7, 11) is -1.50. The fourth-order valence-electron chi connectivity index (χ4n) is 4.39. The zero-order valence-electron chi connectivity index (χ0n) is 23.8. The summed E-state index contributed by atoms with van der Waals surface area (Å²) in [5, 5.41) is 0. The molecule has 2 aromatic rings. The standard InChI is InChI=1S/C29H44NO7P.H3N/c1-4-11-24-14-16-25(17-15-24)12-9-7-5-6-8-10-13-29(31)30(20-21-37-38(32,33)34)23-26-18-19-27(35-2)28(22-26)36-3;/h14-19,22H,4-13,20-21,23H2,1-3H3,(H2,32,33,34);1H3. The number of hydrogen-bond acceptors (Lipinski definition) is 6. The summed E-state index contributed by atoms with van der Waals surface area (Å²) >= 11 is 0. The van der Waals surface area contributed by atoms with Gasteiger partial charge in [0.2, 0.25) is 5.91 Å². The molecule has 0 radical (unpaired) electrons. The number of unbranched alkanes of at least 4 members (excludes halogenated alkanes) is 5. The van der Waals surface area contributed by atoms with Crippen LogP contribution in [0.5, 0.6) is 11.5 Å². The van der Waals surface area contributed by atoms with Gasteiger partial charge in [-0.2, -0.15) is 0 Å². The quantitative estimate of drug-likeness (QED) is 0.134. The summed E-state index contributed by atoms with van der Waals surface area (Å²) in [4.78, 5) is 32.5. The Balaban J connectivity index is 0.00000760. The van der Waals surface area contributed by atoms with Crippen molar-refractivity contribution >= 4 is 13.7 Å². The number of nitrogens with zero attached hydrogens (tertiary/aromatic N) is 1. The van der Waals surface area contributed by atoms with Crippen molar-refractivity contribution in [3.8, 4) is 11.5 Å². The van der Waals surface area contributed by atoms with E-state index in [1.807, 2.05) is 6.07 Å². The Hall–Kier alpha value is -2.42.